The van der Waals surface area contributed by atoms with Gasteiger partial charge in [0.2, 0.25) is 5.88 Å². The van der Waals surface area contributed by atoms with Crippen molar-refractivity contribution in [1.29, 1.82) is 0 Å². The highest BCUT2D eigenvalue weighted by Crippen LogP contribution is 2.09. The maximum Gasteiger partial charge on any atom is 0.340 e. The maximum atomic E-state index is 11.9. The van der Waals surface area contributed by atoms with Crippen molar-refractivity contribution in [3.8, 4) is 5.88 Å². The Balaban J connectivity index is 1.92. The highest BCUT2D eigenvalue weighted by atomic mass is 16.5. The number of tetrazole rings is 1. The highest BCUT2D eigenvalue weighted by Gasteiger charge is 2.12. The summed E-state index contributed by atoms with van der Waals surface area (Å²) in [6.45, 7) is 2.82. The minimum atomic E-state index is -0.477. The first-order chi connectivity index (χ1) is 10.2. The van der Waals surface area contributed by atoms with Crippen LogP contribution in [0.4, 0.5) is 0 Å². The van der Waals surface area contributed by atoms with E-state index in [1.165, 1.54) is 13.3 Å². The third-order valence-electron chi connectivity index (χ3n) is 2.84. The van der Waals surface area contributed by atoms with Gasteiger partial charge in [0.15, 0.2) is 12.4 Å². The Bertz CT molecular complexity index is 582. The topological polar surface area (TPSA) is 92.0 Å². The Morgan fingerprint density at radius 3 is 2.90 bits per heavy atom. The molecule has 2 aromatic rings. The smallest absolute Gasteiger partial charge is 0.340 e. The molecule has 8 heteroatoms. The van der Waals surface area contributed by atoms with Crippen molar-refractivity contribution in [3.05, 3.63) is 29.7 Å². The number of carbonyl (C=O) groups is 1. The van der Waals surface area contributed by atoms with E-state index in [4.69, 9.17) is 9.47 Å². The molecule has 0 bridgehead atoms. The number of hydrogen-bond acceptors (Lipinski definition) is 7. The third-order valence-corrected chi connectivity index (χ3v) is 2.84. The molecule has 0 atom stereocenters. The number of hydrogen-bond donors (Lipinski definition) is 0. The summed E-state index contributed by atoms with van der Waals surface area (Å²) in [5, 5.41) is 11.3. The summed E-state index contributed by atoms with van der Waals surface area (Å²) in [6.07, 6.45) is 3.41. The fourth-order valence-corrected chi connectivity index (χ4v) is 1.64. The lowest BCUT2D eigenvalue weighted by atomic mass is 10.3. The number of aryl methyl sites for hydroxylation is 1. The molecule has 0 fully saturated rings. The van der Waals surface area contributed by atoms with Crippen LogP contribution >= 0.6 is 0 Å². The highest BCUT2D eigenvalue weighted by molar-refractivity contribution is 5.88. The van der Waals surface area contributed by atoms with E-state index in [1.54, 1.807) is 16.8 Å². The normalized spacial score (nSPS) is 10.4. The van der Waals surface area contributed by atoms with Crippen LogP contribution in [0.1, 0.15) is 35.9 Å². The predicted molar refractivity (Wildman–Crippen MR) is 72.6 cm³/mol. The molecule has 2 rings (SSSR count). The van der Waals surface area contributed by atoms with Crippen LogP contribution in [0.5, 0.6) is 5.88 Å². The minimum absolute atomic E-state index is 0.0293. The van der Waals surface area contributed by atoms with Crippen LogP contribution in [0.15, 0.2) is 18.3 Å². The van der Waals surface area contributed by atoms with Gasteiger partial charge in [0.05, 0.1) is 12.7 Å². The standard InChI is InChI=1S/C13H17N5O3/c1-3-4-7-18-11(15-16-17-18)9-21-13(19)10-5-6-12(20-2)14-8-10/h5-6,8H,3-4,7,9H2,1-2H3. The predicted octanol–water partition coefficient (Wildman–Crippen LogP) is 1.23. The van der Waals surface area contributed by atoms with Crippen molar-refractivity contribution in [2.24, 2.45) is 0 Å². The molecule has 0 unspecified atom stereocenters. The number of ether oxygens (including phenoxy) is 2. The quantitative estimate of drug-likeness (QED) is 0.708. The summed E-state index contributed by atoms with van der Waals surface area (Å²) < 4.78 is 11.8. The zero-order valence-electron chi connectivity index (χ0n) is 12.0. The second kappa shape index (κ2) is 7.32. The van der Waals surface area contributed by atoms with Crippen LogP contribution < -0.4 is 4.74 Å². The summed E-state index contributed by atoms with van der Waals surface area (Å²) in [7, 11) is 1.51. The number of carbonyl (C=O) groups excluding carboxylic acids is 1. The van der Waals surface area contributed by atoms with Crippen LogP contribution in [0.3, 0.4) is 0 Å². The first-order valence-corrected chi connectivity index (χ1v) is 6.66. The average Bonchev–Trinajstić information content (AvgIpc) is 2.98. The molecule has 0 aliphatic heterocycles. The number of aromatic nitrogens is 5. The fraction of sp³-hybridized carbons (Fsp3) is 0.462. The third kappa shape index (κ3) is 3.98. The number of pyridine rings is 1. The van der Waals surface area contributed by atoms with Gasteiger partial charge in [-0.3, -0.25) is 0 Å². The zero-order valence-corrected chi connectivity index (χ0v) is 12.0. The van der Waals surface area contributed by atoms with Gasteiger partial charge in [-0.2, -0.15) is 0 Å². The molecule has 0 aliphatic carbocycles. The summed E-state index contributed by atoms with van der Waals surface area (Å²) in [5.41, 5.74) is 0.350. The van der Waals surface area contributed by atoms with Gasteiger partial charge in [0, 0.05) is 18.8 Å². The Kier molecular flexibility index (Phi) is 5.19. The van der Waals surface area contributed by atoms with Crippen LogP contribution in [0, 0.1) is 0 Å². The number of esters is 1. The van der Waals surface area contributed by atoms with E-state index >= 15 is 0 Å². The van der Waals surface area contributed by atoms with Gasteiger partial charge in [0.1, 0.15) is 0 Å². The van der Waals surface area contributed by atoms with E-state index in [1.807, 2.05) is 0 Å². The molecule has 0 amide bonds. The van der Waals surface area contributed by atoms with E-state index in [0.717, 1.165) is 12.8 Å². The lowest BCUT2D eigenvalue weighted by molar-refractivity contribution is 0.0455. The lowest BCUT2D eigenvalue weighted by Gasteiger charge is -2.06. The van der Waals surface area contributed by atoms with E-state index in [0.29, 0.717) is 23.8 Å². The van der Waals surface area contributed by atoms with Crippen molar-refractivity contribution in [2.75, 3.05) is 7.11 Å². The van der Waals surface area contributed by atoms with Crippen molar-refractivity contribution in [3.63, 3.8) is 0 Å². The first-order valence-electron chi connectivity index (χ1n) is 6.66. The molecular formula is C13H17N5O3. The molecule has 2 aromatic heterocycles. The lowest BCUT2D eigenvalue weighted by Crippen LogP contribution is -2.11. The summed E-state index contributed by atoms with van der Waals surface area (Å²) in [5.74, 6) is 0.489. The second-order valence-corrected chi connectivity index (χ2v) is 4.34. The Hall–Kier alpha value is -2.51. The number of nitrogens with zero attached hydrogens (tertiary/aromatic N) is 5. The van der Waals surface area contributed by atoms with Crippen molar-refractivity contribution in [2.45, 2.75) is 32.9 Å². The van der Waals surface area contributed by atoms with Gasteiger partial charge in [-0.05, 0) is 22.9 Å². The van der Waals surface area contributed by atoms with Crippen LogP contribution in [0.2, 0.25) is 0 Å². The monoisotopic (exact) mass is 291 g/mol. The summed E-state index contributed by atoms with van der Waals surface area (Å²) >= 11 is 0. The van der Waals surface area contributed by atoms with Gasteiger partial charge in [-0.1, -0.05) is 13.3 Å². The minimum Gasteiger partial charge on any atom is -0.481 e. The second-order valence-electron chi connectivity index (χ2n) is 4.34. The van der Waals surface area contributed by atoms with Crippen LogP contribution in [-0.2, 0) is 17.9 Å². The van der Waals surface area contributed by atoms with Crippen molar-refractivity contribution >= 4 is 5.97 Å². The van der Waals surface area contributed by atoms with Gasteiger partial charge >= 0.3 is 5.97 Å². The summed E-state index contributed by atoms with van der Waals surface area (Å²) in [6, 6.07) is 3.19. The molecule has 8 nitrogen and oxygen atoms in total. The van der Waals surface area contributed by atoms with Crippen molar-refractivity contribution < 1.29 is 14.3 Å². The van der Waals surface area contributed by atoms with E-state index < -0.39 is 5.97 Å². The number of unbranched alkanes of at least 4 members (excludes halogenated alkanes) is 1. The molecule has 0 aromatic carbocycles. The molecule has 0 aliphatic rings. The Morgan fingerprint density at radius 2 is 2.24 bits per heavy atom. The molecule has 2 heterocycles. The first kappa shape index (κ1) is 14.9. The van der Waals surface area contributed by atoms with Crippen LogP contribution in [0.25, 0.3) is 0 Å². The van der Waals surface area contributed by atoms with Gasteiger partial charge in [-0.15, -0.1) is 5.10 Å². The molecule has 21 heavy (non-hydrogen) atoms. The summed E-state index contributed by atoms with van der Waals surface area (Å²) in [4.78, 5) is 15.8. The van der Waals surface area contributed by atoms with Crippen LogP contribution in [-0.4, -0.2) is 38.3 Å². The largest absolute Gasteiger partial charge is 0.481 e. The molecule has 0 N–H and O–H groups in total. The SMILES string of the molecule is CCCCn1nnnc1COC(=O)c1ccc(OC)nc1. The fourth-order valence-electron chi connectivity index (χ4n) is 1.64. The van der Waals surface area contributed by atoms with Gasteiger partial charge in [0.25, 0.3) is 0 Å². The molecule has 0 radical (unpaired) electrons. The van der Waals surface area contributed by atoms with E-state index in [-0.39, 0.29) is 6.61 Å². The molecular weight excluding hydrogens is 274 g/mol. The zero-order chi connectivity index (χ0) is 15.1. The van der Waals surface area contributed by atoms with E-state index in [2.05, 4.69) is 27.4 Å². The van der Waals surface area contributed by atoms with Gasteiger partial charge in [-0.25, -0.2) is 14.5 Å². The Morgan fingerprint density at radius 1 is 1.38 bits per heavy atom. The van der Waals surface area contributed by atoms with Crippen molar-refractivity contribution in [1.82, 2.24) is 25.2 Å². The molecule has 0 saturated heterocycles. The maximum absolute atomic E-state index is 11.9. The Labute approximate surface area is 122 Å². The van der Waals surface area contributed by atoms with E-state index in [9.17, 15) is 4.79 Å². The molecule has 112 valence electrons. The average molecular weight is 291 g/mol. The number of rotatable bonds is 7. The molecule has 0 saturated carbocycles. The molecule has 0 spiro atoms. The van der Waals surface area contributed by atoms with Gasteiger partial charge < -0.3 is 9.47 Å². The number of methoxy groups -OCH3 is 1.